The lowest BCUT2D eigenvalue weighted by Gasteiger charge is -2.38. The Morgan fingerprint density at radius 2 is 2.06 bits per heavy atom. The molecule has 1 fully saturated rings. The summed E-state index contributed by atoms with van der Waals surface area (Å²) in [7, 11) is 0. The van der Waals surface area contributed by atoms with Gasteiger partial charge in [-0.05, 0) is 50.3 Å². The van der Waals surface area contributed by atoms with Crippen LogP contribution in [0.25, 0.3) is 10.9 Å². The van der Waals surface area contributed by atoms with Gasteiger partial charge in [0.15, 0.2) is 0 Å². The van der Waals surface area contributed by atoms with E-state index in [1.165, 1.54) is 17.4 Å². The predicted octanol–water partition coefficient (Wildman–Crippen LogP) is 2.97. The monoisotopic (exact) mass is 226 g/mol. The third-order valence-electron chi connectivity index (χ3n) is 3.82. The standard InChI is InChI=1S/C15H18N2/c1-11-9-12(10-15(16)7-4-8-15)13-5-2-3-6-14(13)17-11/h2-3,5-6,9H,4,7-8,10,16H2,1H3. The van der Waals surface area contributed by atoms with E-state index in [4.69, 9.17) is 5.73 Å². The molecule has 1 aromatic heterocycles. The van der Waals surface area contributed by atoms with Gasteiger partial charge in [0, 0.05) is 16.6 Å². The summed E-state index contributed by atoms with van der Waals surface area (Å²) in [4.78, 5) is 4.57. The molecule has 0 radical (unpaired) electrons. The second kappa shape index (κ2) is 3.81. The van der Waals surface area contributed by atoms with E-state index in [1.807, 2.05) is 6.07 Å². The van der Waals surface area contributed by atoms with Crippen LogP contribution in [0.2, 0.25) is 0 Å². The minimum Gasteiger partial charge on any atom is -0.325 e. The Bertz CT molecular complexity index is 556. The van der Waals surface area contributed by atoms with E-state index in [0.29, 0.717) is 0 Å². The highest BCUT2D eigenvalue weighted by Crippen LogP contribution is 2.34. The molecule has 0 saturated heterocycles. The molecule has 3 rings (SSSR count). The number of aryl methyl sites for hydroxylation is 1. The van der Waals surface area contributed by atoms with Crippen LogP contribution in [0, 0.1) is 6.92 Å². The van der Waals surface area contributed by atoms with Crippen LogP contribution < -0.4 is 5.73 Å². The maximum atomic E-state index is 6.36. The summed E-state index contributed by atoms with van der Waals surface area (Å²) in [5, 5.41) is 1.26. The number of nitrogens with two attached hydrogens (primary N) is 1. The van der Waals surface area contributed by atoms with E-state index in [-0.39, 0.29) is 5.54 Å². The van der Waals surface area contributed by atoms with Crippen molar-refractivity contribution in [2.45, 2.75) is 38.1 Å². The fourth-order valence-corrected chi connectivity index (χ4v) is 2.73. The third kappa shape index (κ3) is 1.93. The van der Waals surface area contributed by atoms with Crippen LogP contribution in [-0.2, 0) is 6.42 Å². The molecule has 0 unspecified atom stereocenters. The number of nitrogens with zero attached hydrogens (tertiary/aromatic N) is 1. The van der Waals surface area contributed by atoms with Crippen molar-refractivity contribution in [1.29, 1.82) is 0 Å². The Morgan fingerprint density at radius 3 is 2.76 bits per heavy atom. The molecule has 1 aromatic carbocycles. The van der Waals surface area contributed by atoms with Gasteiger partial charge >= 0.3 is 0 Å². The largest absolute Gasteiger partial charge is 0.325 e. The zero-order valence-corrected chi connectivity index (χ0v) is 10.2. The lowest BCUT2D eigenvalue weighted by molar-refractivity contribution is 0.248. The number of para-hydroxylation sites is 1. The molecule has 2 nitrogen and oxygen atoms in total. The Hall–Kier alpha value is -1.41. The van der Waals surface area contributed by atoms with Gasteiger partial charge in [0.1, 0.15) is 0 Å². The number of benzene rings is 1. The summed E-state index contributed by atoms with van der Waals surface area (Å²) < 4.78 is 0. The lowest BCUT2D eigenvalue weighted by Crippen LogP contribution is -2.48. The molecule has 1 heterocycles. The van der Waals surface area contributed by atoms with Gasteiger partial charge in [-0.25, -0.2) is 0 Å². The number of fused-ring (bicyclic) bond motifs is 1. The van der Waals surface area contributed by atoms with E-state index >= 15 is 0 Å². The second-order valence-electron chi connectivity index (χ2n) is 5.33. The number of rotatable bonds is 2. The predicted molar refractivity (Wildman–Crippen MR) is 71.0 cm³/mol. The zero-order valence-electron chi connectivity index (χ0n) is 10.2. The molecule has 2 N–H and O–H groups in total. The summed E-state index contributed by atoms with van der Waals surface area (Å²) >= 11 is 0. The molecule has 2 aromatic rings. The molecular formula is C15H18N2. The number of aromatic nitrogens is 1. The molecule has 2 heteroatoms. The summed E-state index contributed by atoms with van der Waals surface area (Å²) in [6.07, 6.45) is 4.57. The van der Waals surface area contributed by atoms with Crippen LogP contribution in [0.4, 0.5) is 0 Å². The first kappa shape index (κ1) is 10.7. The van der Waals surface area contributed by atoms with Crippen molar-refractivity contribution in [3.63, 3.8) is 0 Å². The van der Waals surface area contributed by atoms with E-state index in [2.05, 4.69) is 36.2 Å². The van der Waals surface area contributed by atoms with E-state index in [9.17, 15) is 0 Å². The van der Waals surface area contributed by atoms with Crippen molar-refractivity contribution >= 4 is 10.9 Å². The summed E-state index contributed by atoms with van der Waals surface area (Å²) in [5.41, 5.74) is 9.92. The Kier molecular flexibility index (Phi) is 2.40. The Morgan fingerprint density at radius 1 is 1.29 bits per heavy atom. The molecule has 0 aliphatic heterocycles. The van der Waals surface area contributed by atoms with Crippen LogP contribution in [0.15, 0.2) is 30.3 Å². The highest BCUT2D eigenvalue weighted by Gasteiger charge is 2.32. The molecule has 0 bridgehead atoms. The average molecular weight is 226 g/mol. The highest BCUT2D eigenvalue weighted by atomic mass is 14.8. The van der Waals surface area contributed by atoms with Gasteiger partial charge in [0.25, 0.3) is 0 Å². The van der Waals surface area contributed by atoms with Gasteiger partial charge < -0.3 is 5.73 Å². The molecule has 1 aliphatic carbocycles. The molecule has 0 amide bonds. The van der Waals surface area contributed by atoms with Crippen molar-refractivity contribution in [1.82, 2.24) is 4.98 Å². The topological polar surface area (TPSA) is 38.9 Å². The summed E-state index contributed by atoms with van der Waals surface area (Å²) in [5.74, 6) is 0. The molecule has 0 spiro atoms. The number of pyridine rings is 1. The minimum atomic E-state index is 0.0383. The summed E-state index contributed by atoms with van der Waals surface area (Å²) in [6, 6.07) is 10.5. The van der Waals surface area contributed by atoms with Crippen molar-refractivity contribution in [3.8, 4) is 0 Å². The van der Waals surface area contributed by atoms with E-state index < -0.39 is 0 Å². The van der Waals surface area contributed by atoms with E-state index in [1.54, 1.807) is 0 Å². The van der Waals surface area contributed by atoms with Gasteiger partial charge in [-0.3, -0.25) is 4.98 Å². The van der Waals surface area contributed by atoms with Crippen molar-refractivity contribution in [3.05, 3.63) is 41.6 Å². The summed E-state index contributed by atoms with van der Waals surface area (Å²) in [6.45, 7) is 2.06. The number of hydrogen-bond acceptors (Lipinski definition) is 2. The molecule has 17 heavy (non-hydrogen) atoms. The van der Waals surface area contributed by atoms with Gasteiger partial charge in [-0.15, -0.1) is 0 Å². The fourth-order valence-electron chi connectivity index (χ4n) is 2.73. The van der Waals surface area contributed by atoms with Crippen LogP contribution in [0.3, 0.4) is 0 Å². The van der Waals surface area contributed by atoms with Crippen molar-refractivity contribution in [2.75, 3.05) is 0 Å². The average Bonchev–Trinajstić information content (AvgIpc) is 2.26. The smallest absolute Gasteiger partial charge is 0.0707 e. The SMILES string of the molecule is Cc1cc(CC2(N)CCC2)c2ccccc2n1. The first-order valence-electron chi connectivity index (χ1n) is 6.30. The van der Waals surface area contributed by atoms with Crippen molar-refractivity contribution in [2.24, 2.45) is 5.73 Å². The Labute approximate surface area is 102 Å². The maximum absolute atomic E-state index is 6.36. The van der Waals surface area contributed by atoms with Crippen molar-refractivity contribution < 1.29 is 0 Å². The number of hydrogen-bond donors (Lipinski definition) is 1. The van der Waals surface area contributed by atoms with Gasteiger partial charge in [0.05, 0.1) is 5.52 Å². The molecule has 0 atom stereocenters. The zero-order chi connectivity index (χ0) is 11.9. The first-order valence-corrected chi connectivity index (χ1v) is 6.30. The third-order valence-corrected chi connectivity index (χ3v) is 3.82. The fraction of sp³-hybridized carbons (Fsp3) is 0.400. The van der Waals surface area contributed by atoms with Crippen LogP contribution >= 0.6 is 0 Å². The van der Waals surface area contributed by atoms with Gasteiger partial charge in [-0.1, -0.05) is 18.2 Å². The van der Waals surface area contributed by atoms with Gasteiger partial charge in [-0.2, -0.15) is 0 Å². The molecule has 1 aliphatic rings. The minimum absolute atomic E-state index is 0.0383. The van der Waals surface area contributed by atoms with Crippen LogP contribution in [0.5, 0.6) is 0 Å². The quantitative estimate of drug-likeness (QED) is 0.855. The van der Waals surface area contributed by atoms with Crippen LogP contribution in [-0.4, -0.2) is 10.5 Å². The van der Waals surface area contributed by atoms with Gasteiger partial charge in [0.2, 0.25) is 0 Å². The molecule has 88 valence electrons. The second-order valence-corrected chi connectivity index (χ2v) is 5.33. The first-order chi connectivity index (χ1) is 8.16. The molecule has 1 saturated carbocycles. The molecular weight excluding hydrogens is 208 g/mol. The normalized spacial score (nSPS) is 18.0. The highest BCUT2D eigenvalue weighted by molar-refractivity contribution is 5.82. The maximum Gasteiger partial charge on any atom is 0.0707 e. The van der Waals surface area contributed by atoms with Crippen LogP contribution in [0.1, 0.15) is 30.5 Å². The van der Waals surface area contributed by atoms with E-state index in [0.717, 1.165) is 30.5 Å². The lowest BCUT2D eigenvalue weighted by atomic mass is 9.73. The Balaban J connectivity index is 2.08.